The number of fused-ring (bicyclic) bond motifs is 1. The standard InChI is InChI=1S/C19H23N3O3S/c1-22-13-20-12-18(22)19-11-16(8-9-25-19)21-26(23,24)17-7-6-14-4-2-3-5-15(14)10-17/h2-5,10,12-13,16,19,21H,6-9,11H2,1H3/t16-,19+/m0/s1. The Bertz CT molecular complexity index is 933. The molecule has 1 aromatic carbocycles. The zero-order chi connectivity index (χ0) is 18.1. The molecular formula is C19H23N3O3S. The number of hydrogen-bond donors (Lipinski definition) is 1. The van der Waals surface area contributed by atoms with Gasteiger partial charge in [-0.25, -0.2) is 18.1 Å². The van der Waals surface area contributed by atoms with Crippen LogP contribution >= 0.6 is 0 Å². The van der Waals surface area contributed by atoms with Crippen LogP contribution in [-0.2, 0) is 28.2 Å². The second-order valence-electron chi connectivity index (χ2n) is 6.94. The highest BCUT2D eigenvalue weighted by Gasteiger charge is 2.30. The molecule has 2 atom stereocenters. The largest absolute Gasteiger partial charge is 0.372 e. The Morgan fingerprint density at radius 2 is 2.12 bits per heavy atom. The van der Waals surface area contributed by atoms with Crippen molar-refractivity contribution in [2.75, 3.05) is 6.61 Å². The molecular weight excluding hydrogens is 350 g/mol. The van der Waals surface area contributed by atoms with Gasteiger partial charge in [-0.2, -0.15) is 0 Å². The average Bonchev–Trinajstić information content (AvgIpc) is 3.07. The van der Waals surface area contributed by atoms with Crippen LogP contribution in [0.15, 0.2) is 41.7 Å². The van der Waals surface area contributed by atoms with Crippen LogP contribution in [0.3, 0.4) is 0 Å². The molecule has 2 aromatic rings. The molecule has 7 heteroatoms. The molecule has 0 bridgehead atoms. The predicted octanol–water partition coefficient (Wildman–Crippen LogP) is 2.55. The van der Waals surface area contributed by atoms with Crippen LogP contribution in [0.2, 0.25) is 0 Å². The van der Waals surface area contributed by atoms with Crippen molar-refractivity contribution < 1.29 is 13.2 Å². The van der Waals surface area contributed by atoms with Crippen LogP contribution in [0.25, 0.3) is 6.08 Å². The number of allylic oxidation sites excluding steroid dienone is 1. The highest BCUT2D eigenvalue weighted by Crippen LogP contribution is 2.30. The SMILES string of the molecule is Cn1cncc1[C@H]1C[C@@H](NS(=O)(=O)C2=Cc3ccccc3CC2)CCO1. The van der Waals surface area contributed by atoms with Crippen molar-refractivity contribution in [1.29, 1.82) is 0 Å². The number of sulfonamides is 1. The monoisotopic (exact) mass is 373 g/mol. The topological polar surface area (TPSA) is 73.2 Å². The lowest BCUT2D eigenvalue weighted by Gasteiger charge is -2.30. The van der Waals surface area contributed by atoms with Gasteiger partial charge >= 0.3 is 0 Å². The molecule has 0 saturated carbocycles. The third-order valence-corrected chi connectivity index (χ3v) is 6.80. The number of imidazole rings is 1. The number of rotatable bonds is 4. The molecule has 2 heterocycles. The summed E-state index contributed by atoms with van der Waals surface area (Å²) >= 11 is 0. The maximum Gasteiger partial charge on any atom is 0.236 e. The Hall–Kier alpha value is -1.96. The first-order valence-electron chi connectivity index (χ1n) is 8.91. The molecule has 1 N–H and O–H groups in total. The van der Waals surface area contributed by atoms with E-state index >= 15 is 0 Å². The van der Waals surface area contributed by atoms with Gasteiger partial charge < -0.3 is 9.30 Å². The first-order valence-corrected chi connectivity index (χ1v) is 10.4. The predicted molar refractivity (Wildman–Crippen MR) is 99.7 cm³/mol. The highest BCUT2D eigenvalue weighted by molar-refractivity contribution is 7.93. The van der Waals surface area contributed by atoms with Crippen molar-refractivity contribution >= 4 is 16.1 Å². The van der Waals surface area contributed by atoms with Gasteiger partial charge in [-0.1, -0.05) is 24.3 Å². The fourth-order valence-corrected chi connectivity index (χ4v) is 5.16. The summed E-state index contributed by atoms with van der Waals surface area (Å²) < 4.78 is 36.4. The van der Waals surface area contributed by atoms with Crippen LogP contribution in [0.4, 0.5) is 0 Å². The molecule has 0 amide bonds. The fraction of sp³-hybridized carbons (Fsp3) is 0.421. The summed E-state index contributed by atoms with van der Waals surface area (Å²) in [6.07, 6.45) is 7.78. The lowest BCUT2D eigenvalue weighted by Crippen LogP contribution is -2.40. The molecule has 0 radical (unpaired) electrons. The van der Waals surface area contributed by atoms with Crippen LogP contribution in [0.1, 0.15) is 42.2 Å². The second kappa shape index (κ2) is 6.98. The Kier molecular flexibility index (Phi) is 4.69. The summed E-state index contributed by atoms with van der Waals surface area (Å²) in [6.45, 7) is 0.533. The molecule has 4 rings (SSSR count). The molecule has 26 heavy (non-hydrogen) atoms. The molecule has 2 aliphatic rings. The minimum atomic E-state index is -3.49. The second-order valence-corrected chi connectivity index (χ2v) is 8.71. The van der Waals surface area contributed by atoms with Gasteiger partial charge in [0.15, 0.2) is 0 Å². The first-order chi connectivity index (χ1) is 12.5. The van der Waals surface area contributed by atoms with E-state index in [4.69, 9.17) is 4.74 Å². The summed E-state index contributed by atoms with van der Waals surface area (Å²) in [6, 6.07) is 7.82. The van der Waals surface area contributed by atoms with E-state index in [9.17, 15) is 8.42 Å². The van der Waals surface area contributed by atoms with Crippen molar-refractivity contribution in [1.82, 2.24) is 14.3 Å². The molecule has 1 fully saturated rings. The van der Waals surface area contributed by atoms with E-state index < -0.39 is 10.0 Å². The molecule has 1 aromatic heterocycles. The van der Waals surface area contributed by atoms with E-state index in [2.05, 4.69) is 15.8 Å². The van der Waals surface area contributed by atoms with Crippen LogP contribution in [-0.4, -0.2) is 30.6 Å². The number of nitrogens with zero attached hydrogens (tertiary/aromatic N) is 2. The van der Waals surface area contributed by atoms with Crippen molar-refractivity contribution in [3.63, 3.8) is 0 Å². The Morgan fingerprint density at radius 3 is 2.92 bits per heavy atom. The zero-order valence-electron chi connectivity index (χ0n) is 14.8. The van der Waals surface area contributed by atoms with Crippen LogP contribution in [0, 0.1) is 0 Å². The van der Waals surface area contributed by atoms with Crippen molar-refractivity contribution in [3.8, 4) is 0 Å². The normalized spacial score (nSPS) is 23.3. The molecule has 138 valence electrons. The van der Waals surface area contributed by atoms with E-state index in [0.29, 0.717) is 30.8 Å². The Morgan fingerprint density at radius 1 is 1.27 bits per heavy atom. The smallest absolute Gasteiger partial charge is 0.236 e. The third kappa shape index (κ3) is 3.47. The quantitative estimate of drug-likeness (QED) is 0.894. The Labute approximate surface area is 153 Å². The molecule has 0 unspecified atom stereocenters. The van der Waals surface area contributed by atoms with Gasteiger partial charge in [0.2, 0.25) is 10.0 Å². The first kappa shape index (κ1) is 17.5. The number of nitrogens with one attached hydrogen (secondary N) is 1. The zero-order valence-corrected chi connectivity index (χ0v) is 15.6. The average molecular weight is 373 g/mol. The van der Waals surface area contributed by atoms with Gasteiger partial charge in [0.1, 0.15) is 6.10 Å². The molecule has 1 aliphatic carbocycles. The van der Waals surface area contributed by atoms with Crippen LogP contribution in [0.5, 0.6) is 0 Å². The fourth-order valence-electron chi connectivity index (χ4n) is 3.70. The number of benzene rings is 1. The third-order valence-electron chi connectivity index (χ3n) is 5.15. The molecule has 1 aliphatic heterocycles. The number of aryl methyl sites for hydroxylation is 2. The minimum absolute atomic E-state index is 0.133. The maximum absolute atomic E-state index is 12.9. The summed E-state index contributed by atoms with van der Waals surface area (Å²) in [5.74, 6) is 0. The van der Waals surface area contributed by atoms with Gasteiger partial charge in [0, 0.05) is 19.7 Å². The van der Waals surface area contributed by atoms with Crippen molar-refractivity contribution in [3.05, 3.63) is 58.5 Å². The van der Waals surface area contributed by atoms with E-state index in [1.54, 1.807) is 18.6 Å². The molecule has 0 spiro atoms. The summed E-state index contributed by atoms with van der Waals surface area (Å²) in [7, 11) is -1.57. The van der Waals surface area contributed by atoms with Gasteiger partial charge in [-0.15, -0.1) is 0 Å². The summed E-state index contributed by atoms with van der Waals surface area (Å²) in [4.78, 5) is 4.60. The van der Waals surface area contributed by atoms with E-state index in [1.807, 2.05) is 29.8 Å². The van der Waals surface area contributed by atoms with Crippen molar-refractivity contribution in [2.24, 2.45) is 7.05 Å². The van der Waals surface area contributed by atoms with Gasteiger partial charge in [-0.05, 0) is 42.9 Å². The number of hydrogen-bond acceptors (Lipinski definition) is 4. The van der Waals surface area contributed by atoms with Crippen LogP contribution < -0.4 is 4.72 Å². The highest BCUT2D eigenvalue weighted by atomic mass is 32.2. The summed E-state index contributed by atoms with van der Waals surface area (Å²) in [5, 5.41) is 0. The van der Waals surface area contributed by atoms with E-state index in [-0.39, 0.29) is 12.1 Å². The van der Waals surface area contributed by atoms with Crippen molar-refractivity contribution in [2.45, 2.75) is 37.8 Å². The number of aromatic nitrogens is 2. The van der Waals surface area contributed by atoms with Gasteiger partial charge in [0.05, 0.1) is 23.1 Å². The maximum atomic E-state index is 12.9. The lowest BCUT2D eigenvalue weighted by atomic mass is 9.98. The van der Waals surface area contributed by atoms with Gasteiger partial charge in [0.25, 0.3) is 0 Å². The number of ether oxygens (including phenoxy) is 1. The minimum Gasteiger partial charge on any atom is -0.372 e. The molecule has 6 nitrogen and oxygen atoms in total. The lowest BCUT2D eigenvalue weighted by molar-refractivity contribution is -0.0000110. The van der Waals surface area contributed by atoms with E-state index in [0.717, 1.165) is 17.7 Å². The van der Waals surface area contributed by atoms with E-state index in [1.165, 1.54) is 5.56 Å². The Balaban J connectivity index is 1.50. The van der Waals surface area contributed by atoms with Gasteiger partial charge in [-0.3, -0.25) is 0 Å². The molecule has 1 saturated heterocycles. The summed E-state index contributed by atoms with van der Waals surface area (Å²) in [5.41, 5.74) is 3.17.